The number of hydrogen-bond donors (Lipinski definition) is 0. The number of benzene rings is 2. The molecule has 3 rings (SSSR count). The van der Waals surface area contributed by atoms with E-state index >= 15 is 0 Å². The molecule has 1 radical (unpaired) electrons. The quantitative estimate of drug-likeness (QED) is 0.725. The minimum absolute atomic E-state index is 0.0556. The molecule has 0 bridgehead atoms. The van der Waals surface area contributed by atoms with Gasteiger partial charge in [0.2, 0.25) is 0 Å². The normalized spacial score (nSPS) is 16.9. The predicted molar refractivity (Wildman–Crippen MR) is 67.2 cm³/mol. The van der Waals surface area contributed by atoms with E-state index < -0.39 is 0 Å². The van der Waals surface area contributed by atoms with Crippen LogP contribution in [-0.2, 0) is 9.84 Å². The van der Waals surface area contributed by atoms with Gasteiger partial charge in [-0.15, -0.1) is 0 Å². The van der Waals surface area contributed by atoms with Gasteiger partial charge in [-0.05, 0) is 11.1 Å². The zero-order chi connectivity index (χ0) is 11.9. The molecule has 0 saturated carbocycles. The second-order valence-corrected chi connectivity index (χ2v) is 3.85. The molecule has 87 valence electrons. The van der Waals surface area contributed by atoms with Gasteiger partial charge in [0.15, 0.2) is 0 Å². The molecule has 17 heavy (non-hydrogen) atoms. The zero-order valence-corrected chi connectivity index (χ0v) is 9.58. The highest BCUT2D eigenvalue weighted by atomic mass is 16.6. The maximum atomic E-state index is 9.57. The smallest absolute Gasteiger partial charge is 0.111 e. The highest BCUT2D eigenvalue weighted by Gasteiger charge is 2.20. The van der Waals surface area contributed by atoms with Crippen LogP contribution in [0.25, 0.3) is 11.1 Å². The largest absolute Gasteiger partial charge is 0.370 e. The monoisotopic (exact) mass is 227 g/mol. The van der Waals surface area contributed by atoms with Gasteiger partial charge in [0.1, 0.15) is 12.7 Å². The predicted octanol–water partition coefficient (Wildman–Crippen LogP) is 3.17. The van der Waals surface area contributed by atoms with E-state index in [4.69, 9.17) is 0 Å². The van der Waals surface area contributed by atoms with Crippen molar-refractivity contribution in [1.82, 2.24) is 0 Å². The summed E-state index contributed by atoms with van der Waals surface area (Å²) in [5, 5.41) is 9.57. The fourth-order valence-corrected chi connectivity index (χ4v) is 1.43. The third kappa shape index (κ3) is 4.02. The van der Waals surface area contributed by atoms with Crippen molar-refractivity contribution in [1.29, 1.82) is 0 Å². The Morgan fingerprint density at radius 1 is 0.882 bits per heavy atom. The van der Waals surface area contributed by atoms with Crippen LogP contribution in [-0.4, -0.2) is 19.3 Å². The van der Waals surface area contributed by atoms with Gasteiger partial charge in [0.25, 0.3) is 0 Å². The van der Waals surface area contributed by atoms with E-state index in [1.54, 1.807) is 0 Å². The van der Waals surface area contributed by atoms with Gasteiger partial charge in [0.05, 0.1) is 6.61 Å². The molecule has 1 unspecified atom stereocenters. The van der Waals surface area contributed by atoms with Gasteiger partial charge < -0.3 is 4.74 Å². The summed E-state index contributed by atoms with van der Waals surface area (Å²) in [7, 11) is 0. The van der Waals surface area contributed by atoms with Crippen LogP contribution in [0.1, 0.15) is 0 Å². The van der Waals surface area contributed by atoms with Crippen LogP contribution >= 0.6 is 0 Å². The topological polar surface area (TPSA) is 32.4 Å². The van der Waals surface area contributed by atoms with Crippen molar-refractivity contribution < 1.29 is 9.84 Å². The van der Waals surface area contributed by atoms with Crippen molar-refractivity contribution in [2.45, 2.75) is 6.10 Å². The Morgan fingerprint density at radius 3 is 1.53 bits per heavy atom. The molecule has 2 aromatic carbocycles. The van der Waals surface area contributed by atoms with E-state index in [1.165, 1.54) is 11.1 Å². The molecule has 0 amide bonds. The second-order valence-electron chi connectivity index (χ2n) is 3.85. The maximum Gasteiger partial charge on any atom is 0.111 e. The summed E-state index contributed by atoms with van der Waals surface area (Å²) in [4.78, 5) is 0. The van der Waals surface area contributed by atoms with Crippen LogP contribution in [0.15, 0.2) is 60.7 Å². The fourth-order valence-electron chi connectivity index (χ4n) is 1.43. The Morgan fingerprint density at radius 2 is 1.29 bits per heavy atom. The van der Waals surface area contributed by atoms with Gasteiger partial charge in [-0.3, -0.25) is 0 Å². The van der Waals surface area contributed by atoms with E-state index in [1.807, 2.05) is 12.1 Å². The molecule has 1 aliphatic rings. The van der Waals surface area contributed by atoms with Crippen LogP contribution in [0.3, 0.4) is 0 Å². The van der Waals surface area contributed by atoms with Crippen molar-refractivity contribution in [2.24, 2.45) is 0 Å². The Kier molecular flexibility index (Phi) is 4.30. The van der Waals surface area contributed by atoms with E-state index in [9.17, 15) is 5.11 Å². The third-order valence-corrected chi connectivity index (χ3v) is 2.47. The van der Waals surface area contributed by atoms with Crippen molar-refractivity contribution in [2.75, 3.05) is 13.2 Å². The summed E-state index contributed by atoms with van der Waals surface area (Å²) >= 11 is 0. The number of epoxide rings is 1. The summed E-state index contributed by atoms with van der Waals surface area (Å²) in [5.41, 5.74) is 2.55. The van der Waals surface area contributed by atoms with Gasteiger partial charge >= 0.3 is 0 Å². The van der Waals surface area contributed by atoms with Gasteiger partial charge in [-0.25, -0.2) is 5.11 Å². The first kappa shape index (κ1) is 11.8. The Labute approximate surface area is 101 Å². The first-order valence-electron chi connectivity index (χ1n) is 5.70. The van der Waals surface area contributed by atoms with Gasteiger partial charge in [-0.1, -0.05) is 60.7 Å². The summed E-state index contributed by atoms with van der Waals surface area (Å²) in [5.74, 6) is 0. The van der Waals surface area contributed by atoms with Gasteiger partial charge in [-0.2, -0.15) is 0 Å². The maximum absolute atomic E-state index is 9.57. The third-order valence-electron chi connectivity index (χ3n) is 2.47. The molecular weight excluding hydrogens is 212 g/mol. The lowest BCUT2D eigenvalue weighted by atomic mass is 10.1. The number of ether oxygens (including phenoxy) is 1. The van der Waals surface area contributed by atoms with Crippen molar-refractivity contribution >= 4 is 0 Å². The summed E-state index contributed by atoms with van der Waals surface area (Å²) in [6.07, 6.45) is 0.0787. The van der Waals surface area contributed by atoms with E-state index in [0.717, 1.165) is 0 Å². The van der Waals surface area contributed by atoms with Crippen LogP contribution in [0.5, 0.6) is 0 Å². The van der Waals surface area contributed by atoms with E-state index in [-0.39, 0.29) is 12.7 Å². The van der Waals surface area contributed by atoms with Crippen LogP contribution in [0.2, 0.25) is 0 Å². The lowest BCUT2D eigenvalue weighted by molar-refractivity contribution is 0.164. The molecule has 2 aromatic rings. The van der Waals surface area contributed by atoms with Crippen LogP contribution in [0, 0.1) is 0 Å². The Balaban J connectivity index is 0.000000181. The van der Waals surface area contributed by atoms with E-state index in [2.05, 4.69) is 53.3 Å². The molecule has 1 saturated heterocycles. The summed E-state index contributed by atoms with van der Waals surface area (Å²) in [6.45, 7) is 0.642. The molecular formula is C15H15O2. The van der Waals surface area contributed by atoms with Gasteiger partial charge in [0, 0.05) is 0 Å². The van der Waals surface area contributed by atoms with Crippen molar-refractivity contribution in [3.05, 3.63) is 60.7 Å². The van der Waals surface area contributed by atoms with Crippen molar-refractivity contribution in [3.63, 3.8) is 0 Å². The molecule has 1 aliphatic heterocycles. The minimum atomic E-state index is -0.0556. The average Bonchev–Trinajstić information content (AvgIpc) is 3.25. The first-order chi connectivity index (χ1) is 8.40. The van der Waals surface area contributed by atoms with Crippen LogP contribution in [0.4, 0.5) is 0 Å². The standard InChI is InChI=1S/C12H10.C3H5O2/c1-3-7-11(8-4-1)12-9-5-2-6-10-12;4-1-3-2-5-3/h1-10H;3H,1-2H2. The zero-order valence-electron chi connectivity index (χ0n) is 9.58. The lowest BCUT2D eigenvalue weighted by Gasteiger charge is -1.98. The number of rotatable bonds is 2. The molecule has 0 N–H and O–H groups in total. The first-order valence-corrected chi connectivity index (χ1v) is 5.70. The molecule has 1 atom stereocenters. The molecule has 2 heteroatoms. The Bertz CT molecular complexity index is 384. The molecule has 0 aliphatic carbocycles. The molecule has 0 spiro atoms. The number of hydrogen-bond acceptors (Lipinski definition) is 1. The average molecular weight is 227 g/mol. The fraction of sp³-hybridized carbons (Fsp3) is 0.200. The molecule has 0 aromatic heterocycles. The van der Waals surface area contributed by atoms with E-state index in [0.29, 0.717) is 6.61 Å². The second kappa shape index (κ2) is 6.18. The van der Waals surface area contributed by atoms with Crippen molar-refractivity contribution in [3.8, 4) is 11.1 Å². The minimum Gasteiger partial charge on any atom is -0.370 e. The highest BCUT2D eigenvalue weighted by molar-refractivity contribution is 5.62. The Hall–Kier alpha value is -1.64. The summed E-state index contributed by atoms with van der Waals surface area (Å²) < 4.78 is 4.55. The molecule has 1 fully saturated rings. The van der Waals surface area contributed by atoms with Crippen LogP contribution < -0.4 is 0 Å². The lowest BCUT2D eigenvalue weighted by Crippen LogP contribution is -1.86. The molecule has 2 nitrogen and oxygen atoms in total. The summed E-state index contributed by atoms with van der Waals surface area (Å²) in [6, 6.07) is 20.8. The highest BCUT2D eigenvalue weighted by Crippen LogP contribution is 2.17. The SMILES string of the molecule is [O]CC1CO1.c1ccc(-c2ccccc2)cc1. The molecule has 1 heterocycles.